The van der Waals surface area contributed by atoms with Gasteiger partial charge in [-0.3, -0.25) is 4.79 Å². The third-order valence-electron chi connectivity index (χ3n) is 4.19. The Morgan fingerprint density at radius 2 is 1.67 bits per heavy atom. The first-order chi connectivity index (χ1) is 11.7. The van der Waals surface area contributed by atoms with Gasteiger partial charge in [-0.05, 0) is 54.8 Å². The number of halogens is 1. The van der Waals surface area contributed by atoms with Crippen LogP contribution >= 0.6 is 0 Å². The number of carbonyl (C=O) groups excluding carboxylic acids is 1. The van der Waals surface area contributed by atoms with Gasteiger partial charge in [0.25, 0.3) is 0 Å². The largest absolute Gasteiger partial charge is 0.376 e. The molecule has 24 heavy (non-hydrogen) atoms. The SMILES string of the molecule is O=C(CNc1ccc(N2CCCC2)cc1)NCc1ccc(F)cc1. The van der Waals surface area contributed by atoms with Gasteiger partial charge in [-0.25, -0.2) is 4.39 Å². The molecule has 0 unspecified atom stereocenters. The first-order valence-corrected chi connectivity index (χ1v) is 8.31. The second kappa shape index (κ2) is 7.81. The quantitative estimate of drug-likeness (QED) is 0.857. The van der Waals surface area contributed by atoms with Crippen molar-refractivity contribution in [2.24, 2.45) is 0 Å². The predicted octanol–water partition coefficient (Wildman–Crippen LogP) is 3.15. The fourth-order valence-electron chi connectivity index (χ4n) is 2.81. The molecular weight excluding hydrogens is 305 g/mol. The number of amides is 1. The minimum Gasteiger partial charge on any atom is -0.376 e. The normalized spacial score (nSPS) is 13.8. The van der Waals surface area contributed by atoms with E-state index in [9.17, 15) is 9.18 Å². The van der Waals surface area contributed by atoms with E-state index in [1.54, 1.807) is 12.1 Å². The van der Waals surface area contributed by atoms with E-state index in [1.807, 2.05) is 12.1 Å². The maximum Gasteiger partial charge on any atom is 0.239 e. The van der Waals surface area contributed by atoms with Gasteiger partial charge in [-0.2, -0.15) is 0 Å². The van der Waals surface area contributed by atoms with Crippen LogP contribution in [0.2, 0.25) is 0 Å². The van der Waals surface area contributed by atoms with Gasteiger partial charge in [-0.15, -0.1) is 0 Å². The van der Waals surface area contributed by atoms with Crippen molar-refractivity contribution in [3.8, 4) is 0 Å². The minimum atomic E-state index is -0.274. The maximum absolute atomic E-state index is 12.8. The Hall–Kier alpha value is -2.56. The molecule has 0 atom stereocenters. The van der Waals surface area contributed by atoms with Crippen molar-refractivity contribution in [2.75, 3.05) is 29.9 Å². The van der Waals surface area contributed by atoms with E-state index in [-0.39, 0.29) is 18.3 Å². The standard InChI is InChI=1S/C19H22FN3O/c20-16-5-3-15(4-6-16)13-22-19(24)14-21-17-7-9-18(10-8-17)23-11-1-2-12-23/h3-10,21H,1-2,11-14H2,(H,22,24). The third-order valence-corrected chi connectivity index (χ3v) is 4.19. The highest BCUT2D eigenvalue weighted by Crippen LogP contribution is 2.21. The summed E-state index contributed by atoms with van der Waals surface area (Å²) in [5, 5.41) is 5.93. The molecule has 0 radical (unpaired) electrons. The lowest BCUT2D eigenvalue weighted by Crippen LogP contribution is -2.29. The molecule has 1 saturated heterocycles. The van der Waals surface area contributed by atoms with Crippen LogP contribution in [0.25, 0.3) is 0 Å². The molecule has 4 nitrogen and oxygen atoms in total. The smallest absolute Gasteiger partial charge is 0.239 e. The third kappa shape index (κ3) is 4.47. The zero-order valence-electron chi connectivity index (χ0n) is 13.6. The lowest BCUT2D eigenvalue weighted by molar-refractivity contribution is -0.119. The molecular formula is C19H22FN3O. The average molecular weight is 327 g/mol. The average Bonchev–Trinajstić information content (AvgIpc) is 3.14. The Balaban J connectivity index is 1.43. The van der Waals surface area contributed by atoms with Gasteiger partial charge in [0, 0.05) is 31.0 Å². The van der Waals surface area contributed by atoms with Crippen LogP contribution in [0.5, 0.6) is 0 Å². The summed E-state index contributed by atoms with van der Waals surface area (Å²) in [6.45, 7) is 2.86. The first kappa shape index (κ1) is 16.3. The van der Waals surface area contributed by atoms with E-state index < -0.39 is 0 Å². The van der Waals surface area contributed by atoms with E-state index in [1.165, 1.54) is 30.7 Å². The van der Waals surface area contributed by atoms with Crippen LogP contribution < -0.4 is 15.5 Å². The molecule has 0 aliphatic carbocycles. The van der Waals surface area contributed by atoms with Crippen LogP contribution in [0.1, 0.15) is 18.4 Å². The summed E-state index contributed by atoms with van der Waals surface area (Å²) in [4.78, 5) is 14.3. The fourth-order valence-corrected chi connectivity index (χ4v) is 2.81. The molecule has 0 saturated carbocycles. The highest BCUT2D eigenvalue weighted by Gasteiger charge is 2.11. The van der Waals surface area contributed by atoms with Crippen molar-refractivity contribution in [3.63, 3.8) is 0 Å². The highest BCUT2D eigenvalue weighted by molar-refractivity contribution is 5.80. The number of anilines is 2. The topological polar surface area (TPSA) is 44.4 Å². The molecule has 0 bridgehead atoms. The zero-order valence-corrected chi connectivity index (χ0v) is 13.6. The molecule has 1 aliphatic rings. The fraction of sp³-hybridized carbons (Fsp3) is 0.316. The number of hydrogen-bond acceptors (Lipinski definition) is 3. The summed E-state index contributed by atoms with van der Waals surface area (Å²) < 4.78 is 12.8. The summed E-state index contributed by atoms with van der Waals surface area (Å²) in [5.74, 6) is -0.368. The van der Waals surface area contributed by atoms with Crippen molar-refractivity contribution in [3.05, 3.63) is 59.9 Å². The first-order valence-electron chi connectivity index (χ1n) is 8.31. The van der Waals surface area contributed by atoms with E-state index >= 15 is 0 Å². The monoisotopic (exact) mass is 327 g/mol. The minimum absolute atomic E-state index is 0.0945. The van der Waals surface area contributed by atoms with Gasteiger partial charge in [0.1, 0.15) is 5.82 Å². The van der Waals surface area contributed by atoms with Crippen molar-refractivity contribution in [1.82, 2.24) is 5.32 Å². The second-order valence-corrected chi connectivity index (χ2v) is 6.00. The zero-order chi connectivity index (χ0) is 16.8. The van der Waals surface area contributed by atoms with Crippen LogP contribution in [-0.4, -0.2) is 25.5 Å². The predicted molar refractivity (Wildman–Crippen MR) is 94.6 cm³/mol. The number of benzene rings is 2. The summed E-state index contributed by atoms with van der Waals surface area (Å²) in [7, 11) is 0. The Bertz CT molecular complexity index is 664. The van der Waals surface area contributed by atoms with Crippen LogP contribution in [0.15, 0.2) is 48.5 Å². The van der Waals surface area contributed by atoms with Crippen LogP contribution in [0, 0.1) is 5.82 Å². The van der Waals surface area contributed by atoms with E-state index in [0.29, 0.717) is 6.54 Å². The summed E-state index contributed by atoms with van der Waals surface area (Å²) in [5.41, 5.74) is 3.04. The van der Waals surface area contributed by atoms with Gasteiger partial charge in [-0.1, -0.05) is 12.1 Å². The number of carbonyl (C=O) groups is 1. The van der Waals surface area contributed by atoms with Crippen LogP contribution in [-0.2, 0) is 11.3 Å². The van der Waals surface area contributed by atoms with E-state index in [0.717, 1.165) is 24.3 Å². The molecule has 2 N–H and O–H groups in total. The number of nitrogens with zero attached hydrogens (tertiary/aromatic N) is 1. The Kier molecular flexibility index (Phi) is 5.31. The van der Waals surface area contributed by atoms with Crippen molar-refractivity contribution < 1.29 is 9.18 Å². The van der Waals surface area contributed by atoms with Gasteiger partial charge in [0.15, 0.2) is 0 Å². The molecule has 5 heteroatoms. The molecule has 3 rings (SSSR count). The van der Waals surface area contributed by atoms with Gasteiger partial charge < -0.3 is 15.5 Å². The lowest BCUT2D eigenvalue weighted by Gasteiger charge is -2.18. The molecule has 2 aromatic rings. The molecule has 1 fully saturated rings. The molecule has 2 aromatic carbocycles. The Morgan fingerprint density at radius 1 is 1.00 bits per heavy atom. The van der Waals surface area contributed by atoms with Crippen molar-refractivity contribution in [1.29, 1.82) is 0 Å². The summed E-state index contributed by atoms with van der Waals surface area (Å²) in [6, 6.07) is 14.3. The Labute approximate surface area is 141 Å². The van der Waals surface area contributed by atoms with Crippen LogP contribution in [0.4, 0.5) is 15.8 Å². The summed E-state index contributed by atoms with van der Waals surface area (Å²) in [6.07, 6.45) is 2.52. The number of rotatable bonds is 6. The molecule has 0 spiro atoms. The molecule has 1 aliphatic heterocycles. The van der Waals surface area contributed by atoms with Gasteiger partial charge in [0.05, 0.1) is 6.54 Å². The van der Waals surface area contributed by atoms with E-state index in [4.69, 9.17) is 0 Å². The molecule has 126 valence electrons. The van der Waals surface area contributed by atoms with Crippen molar-refractivity contribution >= 4 is 17.3 Å². The van der Waals surface area contributed by atoms with Gasteiger partial charge >= 0.3 is 0 Å². The molecule has 0 aromatic heterocycles. The molecule has 1 amide bonds. The highest BCUT2D eigenvalue weighted by atomic mass is 19.1. The van der Waals surface area contributed by atoms with E-state index in [2.05, 4.69) is 27.7 Å². The van der Waals surface area contributed by atoms with Crippen LogP contribution in [0.3, 0.4) is 0 Å². The Morgan fingerprint density at radius 3 is 2.33 bits per heavy atom. The number of nitrogens with one attached hydrogen (secondary N) is 2. The number of hydrogen-bond donors (Lipinski definition) is 2. The van der Waals surface area contributed by atoms with Crippen molar-refractivity contribution in [2.45, 2.75) is 19.4 Å². The lowest BCUT2D eigenvalue weighted by atomic mass is 10.2. The summed E-state index contributed by atoms with van der Waals surface area (Å²) >= 11 is 0. The maximum atomic E-state index is 12.8. The van der Waals surface area contributed by atoms with Gasteiger partial charge in [0.2, 0.25) is 5.91 Å². The second-order valence-electron chi connectivity index (χ2n) is 6.00. The molecule has 1 heterocycles.